The molecule has 0 aliphatic carbocycles. The van der Waals surface area contributed by atoms with Crippen LogP contribution in [0.1, 0.15) is 10.4 Å². The van der Waals surface area contributed by atoms with Crippen LogP contribution in [0.5, 0.6) is 0 Å². The van der Waals surface area contributed by atoms with Crippen LogP contribution in [0.15, 0.2) is 54.9 Å². The quantitative estimate of drug-likeness (QED) is 0.398. The summed E-state index contributed by atoms with van der Waals surface area (Å²) in [6, 6.07) is 12.7. The topological polar surface area (TPSA) is 87.1 Å². The van der Waals surface area contributed by atoms with Gasteiger partial charge in [0, 0.05) is 23.2 Å². The van der Waals surface area contributed by atoms with Crippen molar-refractivity contribution in [3.63, 3.8) is 0 Å². The molecule has 2 aromatic heterocycles. The molecule has 6 heteroatoms. The summed E-state index contributed by atoms with van der Waals surface area (Å²) >= 11 is 0. The molecule has 0 spiro atoms. The molecule has 4 aromatic rings. The Hall–Kier alpha value is -3.67. The van der Waals surface area contributed by atoms with Gasteiger partial charge in [-0.25, -0.2) is 4.79 Å². The highest BCUT2D eigenvalue weighted by molar-refractivity contribution is 6.20. The summed E-state index contributed by atoms with van der Waals surface area (Å²) in [5.41, 5.74) is 5.21. The Morgan fingerprint density at radius 1 is 0.840 bits per heavy atom. The molecule has 2 aromatic carbocycles. The minimum atomic E-state index is -0.954. The van der Waals surface area contributed by atoms with E-state index in [-0.39, 0.29) is 5.56 Å². The molecular formula is C19H12N4O2. The number of nitrogens with one attached hydrogen (secondary N) is 2. The van der Waals surface area contributed by atoms with Crippen LogP contribution in [0.2, 0.25) is 0 Å². The Labute approximate surface area is 142 Å². The van der Waals surface area contributed by atoms with E-state index in [1.165, 1.54) is 0 Å². The number of pyridine rings is 2. The molecule has 120 valence electrons. The lowest BCUT2D eigenvalue weighted by molar-refractivity contribution is 0.0697. The Bertz CT molecular complexity index is 1190. The minimum Gasteiger partial charge on any atom is -0.478 e. The van der Waals surface area contributed by atoms with Gasteiger partial charge in [0.05, 0.1) is 39.3 Å². The number of carboxylic acid groups (broad SMARTS) is 1. The first kappa shape index (κ1) is 13.7. The molecule has 0 saturated carbocycles. The highest BCUT2D eigenvalue weighted by atomic mass is 16.4. The Kier molecular flexibility index (Phi) is 2.70. The molecule has 5 rings (SSSR count). The molecule has 3 N–H and O–H groups in total. The molecule has 0 bridgehead atoms. The highest BCUT2D eigenvalue weighted by Gasteiger charge is 2.22. The van der Waals surface area contributed by atoms with E-state index in [4.69, 9.17) is 0 Å². The van der Waals surface area contributed by atoms with Gasteiger partial charge >= 0.3 is 5.97 Å². The Morgan fingerprint density at radius 2 is 1.44 bits per heavy atom. The predicted octanol–water partition coefficient (Wildman–Crippen LogP) is 4.28. The van der Waals surface area contributed by atoms with E-state index in [0.717, 1.165) is 44.6 Å². The largest absolute Gasteiger partial charge is 0.478 e. The second kappa shape index (κ2) is 4.91. The van der Waals surface area contributed by atoms with Crippen LogP contribution in [0.25, 0.3) is 21.8 Å². The van der Waals surface area contributed by atoms with Gasteiger partial charge in [0.1, 0.15) is 0 Å². The number of hydrogen-bond donors (Lipinski definition) is 3. The van der Waals surface area contributed by atoms with Gasteiger partial charge in [0.25, 0.3) is 0 Å². The molecule has 0 amide bonds. The van der Waals surface area contributed by atoms with Crippen molar-refractivity contribution < 1.29 is 9.90 Å². The van der Waals surface area contributed by atoms with E-state index >= 15 is 0 Å². The van der Waals surface area contributed by atoms with Crippen LogP contribution >= 0.6 is 0 Å². The Morgan fingerprint density at radius 3 is 2.04 bits per heavy atom. The molecule has 25 heavy (non-hydrogen) atoms. The highest BCUT2D eigenvalue weighted by Crippen LogP contribution is 2.46. The SMILES string of the molecule is O=C(O)c1ccc2c(c1)Nc1c(c3cccnc3c3ncccc13)N2. The smallest absolute Gasteiger partial charge is 0.335 e. The zero-order valence-corrected chi connectivity index (χ0v) is 12.9. The van der Waals surface area contributed by atoms with E-state index in [9.17, 15) is 9.90 Å². The van der Waals surface area contributed by atoms with Crippen molar-refractivity contribution in [1.82, 2.24) is 9.97 Å². The zero-order chi connectivity index (χ0) is 17.0. The van der Waals surface area contributed by atoms with Gasteiger partial charge in [-0.2, -0.15) is 0 Å². The number of carbonyl (C=O) groups is 1. The number of benzene rings is 2. The van der Waals surface area contributed by atoms with Gasteiger partial charge in [-0.1, -0.05) is 0 Å². The molecule has 0 saturated heterocycles. The fraction of sp³-hybridized carbons (Fsp3) is 0. The maximum absolute atomic E-state index is 11.3. The van der Waals surface area contributed by atoms with Crippen LogP contribution in [-0.4, -0.2) is 21.0 Å². The first-order valence-electron chi connectivity index (χ1n) is 7.79. The summed E-state index contributed by atoms with van der Waals surface area (Å²) in [6.45, 7) is 0. The number of aromatic carboxylic acids is 1. The van der Waals surface area contributed by atoms with Gasteiger partial charge in [-0.05, 0) is 42.5 Å². The van der Waals surface area contributed by atoms with E-state index < -0.39 is 5.97 Å². The van der Waals surface area contributed by atoms with E-state index in [1.54, 1.807) is 30.6 Å². The number of fused-ring (bicyclic) bond motifs is 7. The lowest BCUT2D eigenvalue weighted by Crippen LogP contribution is -2.09. The van der Waals surface area contributed by atoms with Crippen molar-refractivity contribution in [2.75, 3.05) is 10.6 Å². The summed E-state index contributed by atoms with van der Waals surface area (Å²) in [6.07, 6.45) is 3.50. The van der Waals surface area contributed by atoms with Crippen LogP contribution in [0.4, 0.5) is 22.7 Å². The number of carboxylic acids is 1. The summed E-state index contributed by atoms with van der Waals surface area (Å²) in [5, 5.41) is 17.9. The van der Waals surface area contributed by atoms with Crippen LogP contribution in [-0.2, 0) is 0 Å². The van der Waals surface area contributed by atoms with E-state index in [2.05, 4.69) is 20.6 Å². The summed E-state index contributed by atoms with van der Waals surface area (Å²) < 4.78 is 0. The third-order valence-electron chi connectivity index (χ3n) is 4.41. The normalized spacial score (nSPS) is 12.2. The first-order chi connectivity index (χ1) is 12.2. The van der Waals surface area contributed by atoms with Crippen LogP contribution in [0.3, 0.4) is 0 Å². The van der Waals surface area contributed by atoms with Crippen molar-refractivity contribution in [3.8, 4) is 0 Å². The fourth-order valence-electron chi connectivity index (χ4n) is 3.28. The summed E-state index contributed by atoms with van der Waals surface area (Å²) in [5.74, 6) is -0.954. The van der Waals surface area contributed by atoms with Gasteiger partial charge in [0.2, 0.25) is 0 Å². The van der Waals surface area contributed by atoms with Crippen LogP contribution in [0, 0.1) is 0 Å². The maximum atomic E-state index is 11.3. The van der Waals surface area contributed by atoms with Crippen LogP contribution < -0.4 is 10.6 Å². The lowest BCUT2D eigenvalue weighted by Gasteiger charge is -2.26. The third-order valence-corrected chi connectivity index (χ3v) is 4.41. The average molecular weight is 328 g/mol. The first-order valence-corrected chi connectivity index (χ1v) is 7.79. The molecule has 6 nitrogen and oxygen atoms in total. The summed E-state index contributed by atoms with van der Waals surface area (Å²) in [4.78, 5) is 20.3. The number of hydrogen-bond acceptors (Lipinski definition) is 5. The van der Waals surface area contributed by atoms with Crippen molar-refractivity contribution >= 4 is 50.5 Å². The second-order valence-electron chi connectivity index (χ2n) is 5.86. The molecule has 1 aliphatic rings. The number of nitrogens with zero attached hydrogens (tertiary/aromatic N) is 2. The standard InChI is InChI=1S/C19H12N4O2/c24-19(25)10-5-6-13-14(9-10)23-18-12-4-2-8-21-16(12)15-11(17(18)22-13)3-1-7-20-15/h1-9,22-23H,(H,24,25). The third kappa shape index (κ3) is 1.94. The lowest BCUT2D eigenvalue weighted by atomic mass is 10.0. The molecular weight excluding hydrogens is 316 g/mol. The van der Waals surface area contributed by atoms with Crippen molar-refractivity contribution in [1.29, 1.82) is 0 Å². The van der Waals surface area contributed by atoms with Crippen molar-refractivity contribution in [2.24, 2.45) is 0 Å². The molecule has 0 atom stereocenters. The summed E-state index contributed by atoms with van der Waals surface area (Å²) in [7, 11) is 0. The van der Waals surface area contributed by atoms with Crippen molar-refractivity contribution in [2.45, 2.75) is 0 Å². The number of anilines is 4. The Balaban J connectivity index is 1.83. The van der Waals surface area contributed by atoms with Gasteiger partial charge < -0.3 is 15.7 Å². The van der Waals surface area contributed by atoms with Crippen molar-refractivity contribution in [3.05, 3.63) is 60.4 Å². The van der Waals surface area contributed by atoms with Gasteiger partial charge in [-0.15, -0.1) is 0 Å². The molecule has 3 heterocycles. The number of rotatable bonds is 1. The second-order valence-corrected chi connectivity index (χ2v) is 5.86. The maximum Gasteiger partial charge on any atom is 0.335 e. The monoisotopic (exact) mass is 328 g/mol. The van der Waals surface area contributed by atoms with Gasteiger partial charge in [0.15, 0.2) is 0 Å². The average Bonchev–Trinajstić information content (AvgIpc) is 2.66. The predicted molar refractivity (Wildman–Crippen MR) is 97.0 cm³/mol. The minimum absolute atomic E-state index is 0.237. The molecule has 1 aliphatic heterocycles. The fourth-order valence-corrected chi connectivity index (χ4v) is 3.28. The van der Waals surface area contributed by atoms with Gasteiger partial charge in [-0.3, -0.25) is 9.97 Å². The molecule has 0 fully saturated rings. The van der Waals surface area contributed by atoms with E-state index in [0.29, 0.717) is 0 Å². The molecule has 0 unspecified atom stereocenters. The number of aromatic nitrogens is 2. The zero-order valence-electron chi connectivity index (χ0n) is 12.9. The molecule has 0 radical (unpaired) electrons. The van der Waals surface area contributed by atoms with E-state index in [1.807, 2.05) is 24.3 Å².